The number of aromatic nitrogens is 3. The van der Waals surface area contributed by atoms with E-state index in [-0.39, 0.29) is 6.61 Å². The molecule has 2 aromatic heterocycles. The Bertz CT molecular complexity index is 1160. The molecular formula is C24H29N5O. The molecule has 0 saturated heterocycles. The van der Waals surface area contributed by atoms with Gasteiger partial charge >= 0.3 is 0 Å². The Balaban J connectivity index is 1.80. The molecule has 0 spiro atoms. The molecule has 0 unspecified atom stereocenters. The summed E-state index contributed by atoms with van der Waals surface area (Å²) in [6.45, 7) is 3.01. The van der Waals surface area contributed by atoms with E-state index in [2.05, 4.69) is 46.1 Å². The van der Waals surface area contributed by atoms with Crippen molar-refractivity contribution in [1.29, 1.82) is 0 Å². The Kier molecular flexibility index (Phi) is 5.86. The highest BCUT2D eigenvalue weighted by Crippen LogP contribution is 2.30. The van der Waals surface area contributed by atoms with E-state index in [4.69, 9.17) is 10.7 Å². The van der Waals surface area contributed by atoms with Crippen molar-refractivity contribution < 1.29 is 5.11 Å². The van der Waals surface area contributed by atoms with Gasteiger partial charge in [0.15, 0.2) is 5.82 Å². The highest BCUT2D eigenvalue weighted by atomic mass is 16.3. The van der Waals surface area contributed by atoms with Gasteiger partial charge in [-0.05, 0) is 42.2 Å². The number of benzene rings is 2. The van der Waals surface area contributed by atoms with Crippen molar-refractivity contribution in [3.8, 4) is 0 Å². The highest BCUT2D eigenvalue weighted by molar-refractivity contribution is 6.06. The predicted octanol–water partition coefficient (Wildman–Crippen LogP) is 4.29. The Morgan fingerprint density at radius 3 is 2.50 bits per heavy atom. The quantitative estimate of drug-likeness (QED) is 0.408. The monoisotopic (exact) mass is 403 g/mol. The number of nitrogens with two attached hydrogens (primary N) is 1. The van der Waals surface area contributed by atoms with Gasteiger partial charge in [-0.25, -0.2) is 9.97 Å². The van der Waals surface area contributed by atoms with E-state index in [9.17, 15) is 5.11 Å². The van der Waals surface area contributed by atoms with Crippen molar-refractivity contribution in [2.45, 2.75) is 45.8 Å². The topological polar surface area (TPSA) is 89.0 Å². The minimum atomic E-state index is -0.0147. The summed E-state index contributed by atoms with van der Waals surface area (Å²) in [6.07, 6.45) is 4.02. The minimum absolute atomic E-state index is 0.0147. The zero-order chi connectivity index (χ0) is 21.1. The molecule has 0 fully saturated rings. The summed E-state index contributed by atoms with van der Waals surface area (Å²) in [5.41, 5.74) is 12.1. The van der Waals surface area contributed by atoms with Crippen LogP contribution in [0.1, 0.15) is 36.7 Å². The highest BCUT2D eigenvalue weighted by Gasteiger charge is 2.17. The zero-order valence-electron chi connectivity index (χ0n) is 17.7. The maximum atomic E-state index is 9.50. The zero-order valence-corrected chi connectivity index (χ0v) is 17.7. The van der Waals surface area contributed by atoms with Gasteiger partial charge in [0.2, 0.25) is 0 Å². The lowest BCUT2D eigenvalue weighted by Gasteiger charge is -2.12. The summed E-state index contributed by atoms with van der Waals surface area (Å²) < 4.78 is 2.32. The fourth-order valence-corrected chi connectivity index (χ4v) is 3.95. The average Bonchev–Trinajstić information content (AvgIpc) is 3.15. The Morgan fingerprint density at radius 2 is 1.80 bits per heavy atom. The van der Waals surface area contributed by atoms with Crippen LogP contribution >= 0.6 is 0 Å². The van der Waals surface area contributed by atoms with Gasteiger partial charge in [0.05, 0.1) is 17.6 Å². The smallest absolute Gasteiger partial charge is 0.152 e. The lowest BCUT2D eigenvalue weighted by Crippen LogP contribution is -2.07. The number of nitrogen functional groups attached to an aromatic ring is 1. The fourth-order valence-electron chi connectivity index (χ4n) is 3.95. The third-order valence-electron chi connectivity index (χ3n) is 5.65. The Labute approximate surface area is 176 Å². The van der Waals surface area contributed by atoms with Crippen LogP contribution in [0.3, 0.4) is 0 Å². The summed E-state index contributed by atoms with van der Waals surface area (Å²) in [5, 5.41) is 13.7. The normalized spacial score (nSPS) is 11.4. The standard InChI is InChI=1S/C24H29N5O/c1-3-4-5-21-28-22-23(19-11-8-17(15-30)14-20(19)27-24(22)25)29(21)13-12-16-6-9-18(26-2)10-7-16/h6-11,14,26,30H,3-5,12-13,15H2,1-2H3,(H2,25,27). The number of anilines is 2. The van der Waals surface area contributed by atoms with Gasteiger partial charge in [0, 0.05) is 31.1 Å². The third kappa shape index (κ3) is 3.83. The van der Waals surface area contributed by atoms with Crippen LogP contribution in [0.15, 0.2) is 42.5 Å². The summed E-state index contributed by atoms with van der Waals surface area (Å²) in [5.74, 6) is 1.51. The molecule has 4 aromatic rings. The molecule has 0 aliphatic heterocycles. The van der Waals surface area contributed by atoms with E-state index in [0.717, 1.165) is 71.2 Å². The molecule has 4 N–H and O–H groups in total. The number of fused-ring (bicyclic) bond motifs is 3. The predicted molar refractivity (Wildman–Crippen MR) is 124 cm³/mol. The molecule has 0 amide bonds. The van der Waals surface area contributed by atoms with E-state index in [1.807, 2.05) is 25.2 Å². The second-order valence-electron chi connectivity index (χ2n) is 7.68. The van der Waals surface area contributed by atoms with Gasteiger partial charge in [-0.1, -0.05) is 37.6 Å². The second-order valence-corrected chi connectivity index (χ2v) is 7.68. The van der Waals surface area contributed by atoms with Crippen LogP contribution in [0.5, 0.6) is 0 Å². The van der Waals surface area contributed by atoms with Crippen LogP contribution in [-0.2, 0) is 26.0 Å². The van der Waals surface area contributed by atoms with Crippen molar-refractivity contribution in [3.63, 3.8) is 0 Å². The number of pyridine rings is 1. The summed E-state index contributed by atoms with van der Waals surface area (Å²) in [6, 6.07) is 14.4. The van der Waals surface area contributed by atoms with Crippen LogP contribution in [0.25, 0.3) is 21.9 Å². The number of hydrogen-bond acceptors (Lipinski definition) is 5. The Hall–Kier alpha value is -3.12. The van der Waals surface area contributed by atoms with Crippen molar-refractivity contribution in [3.05, 3.63) is 59.4 Å². The van der Waals surface area contributed by atoms with Gasteiger partial charge in [0.1, 0.15) is 11.3 Å². The number of aliphatic hydroxyl groups is 1. The van der Waals surface area contributed by atoms with Crippen LogP contribution in [0.2, 0.25) is 0 Å². The number of rotatable bonds is 8. The van der Waals surface area contributed by atoms with E-state index < -0.39 is 0 Å². The molecule has 0 radical (unpaired) electrons. The number of nitrogens with zero attached hydrogens (tertiary/aromatic N) is 3. The van der Waals surface area contributed by atoms with E-state index in [1.165, 1.54) is 5.56 Å². The first-order valence-electron chi connectivity index (χ1n) is 10.6. The first-order chi connectivity index (χ1) is 14.6. The van der Waals surface area contributed by atoms with Gasteiger partial charge in [-0.2, -0.15) is 0 Å². The molecule has 30 heavy (non-hydrogen) atoms. The molecule has 0 atom stereocenters. The van der Waals surface area contributed by atoms with Crippen LogP contribution in [0.4, 0.5) is 11.5 Å². The van der Waals surface area contributed by atoms with Crippen LogP contribution < -0.4 is 11.1 Å². The lowest BCUT2D eigenvalue weighted by atomic mass is 10.1. The minimum Gasteiger partial charge on any atom is -0.392 e. The second kappa shape index (κ2) is 8.71. The molecule has 0 bridgehead atoms. The number of aliphatic hydroxyl groups excluding tert-OH is 1. The van der Waals surface area contributed by atoms with E-state index >= 15 is 0 Å². The Morgan fingerprint density at radius 1 is 1.03 bits per heavy atom. The van der Waals surface area contributed by atoms with Crippen molar-refractivity contribution in [1.82, 2.24) is 14.5 Å². The summed E-state index contributed by atoms with van der Waals surface area (Å²) in [4.78, 5) is 9.47. The molecule has 6 nitrogen and oxygen atoms in total. The van der Waals surface area contributed by atoms with E-state index in [0.29, 0.717) is 5.82 Å². The maximum Gasteiger partial charge on any atom is 0.152 e. The number of hydrogen-bond donors (Lipinski definition) is 3. The van der Waals surface area contributed by atoms with Gasteiger partial charge in [0.25, 0.3) is 0 Å². The molecule has 156 valence electrons. The van der Waals surface area contributed by atoms with Gasteiger partial charge in [-0.3, -0.25) is 0 Å². The number of nitrogens with one attached hydrogen (secondary N) is 1. The molecule has 6 heteroatoms. The molecular weight excluding hydrogens is 374 g/mol. The van der Waals surface area contributed by atoms with Crippen LogP contribution in [0, 0.1) is 0 Å². The summed E-state index contributed by atoms with van der Waals surface area (Å²) >= 11 is 0. The molecule has 0 aliphatic carbocycles. The number of aryl methyl sites for hydroxylation is 3. The average molecular weight is 404 g/mol. The first kappa shape index (κ1) is 20.2. The maximum absolute atomic E-state index is 9.50. The van der Waals surface area contributed by atoms with Crippen molar-refractivity contribution >= 4 is 33.4 Å². The SMILES string of the molecule is CCCCc1nc2c(N)nc3cc(CO)ccc3c2n1CCc1ccc(NC)cc1. The molecule has 4 rings (SSSR count). The number of imidazole rings is 1. The third-order valence-corrected chi connectivity index (χ3v) is 5.65. The van der Waals surface area contributed by atoms with Crippen molar-refractivity contribution in [2.24, 2.45) is 0 Å². The molecule has 2 heterocycles. The molecule has 0 aliphatic rings. The van der Waals surface area contributed by atoms with E-state index in [1.54, 1.807) is 0 Å². The first-order valence-corrected chi connectivity index (χ1v) is 10.6. The molecule has 2 aromatic carbocycles. The fraction of sp³-hybridized carbons (Fsp3) is 0.333. The summed E-state index contributed by atoms with van der Waals surface area (Å²) in [7, 11) is 1.93. The number of unbranched alkanes of at least 4 members (excludes halogenated alkanes) is 1. The largest absolute Gasteiger partial charge is 0.392 e. The van der Waals surface area contributed by atoms with Gasteiger partial charge < -0.3 is 20.7 Å². The van der Waals surface area contributed by atoms with Gasteiger partial charge in [-0.15, -0.1) is 0 Å². The van der Waals surface area contributed by atoms with Crippen molar-refractivity contribution in [2.75, 3.05) is 18.1 Å². The van der Waals surface area contributed by atoms with Crippen LogP contribution in [-0.4, -0.2) is 26.7 Å². The molecule has 0 saturated carbocycles. The lowest BCUT2D eigenvalue weighted by molar-refractivity contribution is 0.282.